The Hall–Kier alpha value is -1.59. The molecule has 0 aliphatic heterocycles. The maximum Gasteiger partial charge on any atom is 0.183 e. The number of thiazole rings is 1. The van der Waals surface area contributed by atoms with Crippen LogP contribution in [0.3, 0.4) is 0 Å². The molecule has 0 aliphatic carbocycles. The molecule has 1 N–H and O–H groups in total. The summed E-state index contributed by atoms with van der Waals surface area (Å²) in [5.74, 6) is 0.892. The predicted octanol–water partition coefficient (Wildman–Crippen LogP) is 4.72. The number of halogens is 1. The number of methoxy groups -OCH3 is 1. The summed E-state index contributed by atoms with van der Waals surface area (Å²) in [5.41, 5.74) is 2.32. The topological polar surface area (TPSA) is 34.1 Å². The highest BCUT2D eigenvalue weighted by Gasteiger charge is 2.03. The van der Waals surface area contributed by atoms with Crippen LogP contribution in [-0.2, 0) is 6.42 Å². The van der Waals surface area contributed by atoms with Crippen LogP contribution in [0, 0.1) is 0 Å². The summed E-state index contributed by atoms with van der Waals surface area (Å²) in [5, 5.41) is 4.36. The van der Waals surface area contributed by atoms with Crippen LogP contribution in [-0.4, -0.2) is 18.6 Å². The smallest absolute Gasteiger partial charge is 0.183 e. The maximum absolute atomic E-state index is 5.16. The van der Waals surface area contributed by atoms with E-state index in [-0.39, 0.29) is 0 Å². The SMILES string of the molecule is COc1ccc(CCNc2nc3ccc(Br)cc3s2)cc1. The molecule has 108 valence electrons. The molecule has 1 aromatic heterocycles. The fourth-order valence-corrected chi connectivity index (χ4v) is 3.52. The third kappa shape index (κ3) is 3.54. The van der Waals surface area contributed by atoms with Gasteiger partial charge in [0, 0.05) is 11.0 Å². The molecule has 0 bridgehead atoms. The number of hydrogen-bond acceptors (Lipinski definition) is 4. The van der Waals surface area contributed by atoms with Gasteiger partial charge in [0.1, 0.15) is 5.75 Å². The lowest BCUT2D eigenvalue weighted by Crippen LogP contribution is -2.04. The predicted molar refractivity (Wildman–Crippen MR) is 92.5 cm³/mol. The van der Waals surface area contributed by atoms with Gasteiger partial charge in [-0.15, -0.1) is 0 Å². The molecule has 0 unspecified atom stereocenters. The third-order valence-corrected chi connectivity index (χ3v) is 4.67. The van der Waals surface area contributed by atoms with Crippen molar-refractivity contribution in [1.29, 1.82) is 0 Å². The van der Waals surface area contributed by atoms with Gasteiger partial charge in [-0.1, -0.05) is 39.4 Å². The van der Waals surface area contributed by atoms with Gasteiger partial charge < -0.3 is 10.1 Å². The molecular formula is C16H15BrN2OS. The minimum absolute atomic E-state index is 0.868. The molecule has 21 heavy (non-hydrogen) atoms. The maximum atomic E-state index is 5.16. The number of rotatable bonds is 5. The average molecular weight is 363 g/mol. The van der Waals surface area contributed by atoms with Crippen molar-refractivity contribution in [3.05, 3.63) is 52.5 Å². The van der Waals surface area contributed by atoms with Gasteiger partial charge in [0.15, 0.2) is 5.13 Å². The van der Waals surface area contributed by atoms with Crippen LogP contribution in [0.4, 0.5) is 5.13 Å². The van der Waals surface area contributed by atoms with Crippen LogP contribution < -0.4 is 10.1 Å². The quantitative estimate of drug-likeness (QED) is 0.712. The number of hydrogen-bond donors (Lipinski definition) is 1. The zero-order chi connectivity index (χ0) is 14.7. The second-order valence-electron chi connectivity index (χ2n) is 4.66. The molecule has 0 spiro atoms. The zero-order valence-corrected chi connectivity index (χ0v) is 14.0. The van der Waals surface area contributed by atoms with E-state index in [2.05, 4.69) is 44.4 Å². The molecule has 0 radical (unpaired) electrons. The van der Waals surface area contributed by atoms with E-state index in [9.17, 15) is 0 Å². The van der Waals surface area contributed by atoms with Crippen LogP contribution in [0.15, 0.2) is 46.9 Å². The van der Waals surface area contributed by atoms with Gasteiger partial charge >= 0.3 is 0 Å². The van der Waals surface area contributed by atoms with Gasteiger partial charge in [-0.3, -0.25) is 0 Å². The number of ether oxygens (including phenoxy) is 1. The van der Waals surface area contributed by atoms with Crippen LogP contribution in [0.1, 0.15) is 5.56 Å². The Morgan fingerprint density at radius 1 is 1.19 bits per heavy atom. The van der Waals surface area contributed by atoms with Gasteiger partial charge in [0.05, 0.1) is 17.3 Å². The number of benzene rings is 2. The summed E-state index contributed by atoms with van der Waals surface area (Å²) in [6.07, 6.45) is 0.962. The van der Waals surface area contributed by atoms with Crippen LogP contribution >= 0.6 is 27.3 Å². The first-order valence-corrected chi connectivity index (χ1v) is 8.28. The zero-order valence-electron chi connectivity index (χ0n) is 11.6. The highest BCUT2D eigenvalue weighted by Crippen LogP contribution is 2.28. The van der Waals surface area contributed by atoms with Crippen molar-refractivity contribution in [2.24, 2.45) is 0 Å². The lowest BCUT2D eigenvalue weighted by atomic mass is 10.1. The summed E-state index contributed by atoms with van der Waals surface area (Å²) < 4.78 is 7.44. The summed E-state index contributed by atoms with van der Waals surface area (Å²) in [4.78, 5) is 4.58. The lowest BCUT2D eigenvalue weighted by Gasteiger charge is -2.04. The molecule has 3 nitrogen and oxygen atoms in total. The molecule has 3 aromatic rings. The first kappa shape index (κ1) is 14.4. The minimum atomic E-state index is 0.868. The molecule has 5 heteroatoms. The molecular weight excluding hydrogens is 348 g/mol. The van der Waals surface area contributed by atoms with Crippen molar-refractivity contribution in [2.75, 3.05) is 19.0 Å². The second-order valence-corrected chi connectivity index (χ2v) is 6.60. The number of aromatic nitrogens is 1. The van der Waals surface area contributed by atoms with E-state index >= 15 is 0 Å². The Balaban J connectivity index is 1.60. The molecule has 0 atom stereocenters. The Morgan fingerprint density at radius 2 is 2.00 bits per heavy atom. The Kier molecular flexibility index (Phi) is 4.41. The summed E-state index contributed by atoms with van der Waals surface area (Å²) in [6, 6.07) is 14.3. The third-order valence-electron chi connectivity index (χ3n) is 3.20. The summed E-state index contributed by atoms with van der Waals surface area (Å²) in [6.45, 7) is 0.868. The van der Waals surface area contributed by atoms with E-state index in [1.807, 2.05) is 24.3 Å². The number of anilines is 1. The molecule has 0 amide bonds. The van der Waals surface area contributed by atoms with Crippen molar-refractivity contribution >= 4 is 42.6 Å². The highest BCUT2D eigenvalue weighted by atomic mass is 79.9. The number of nitrogens with zero attached hydrogens (tertiary/aromatic N) is 1. The number of nitrogens with one attached hydrogen (secondary N) is 1. The second kappa shape index (κ2) is 6.45. The van der Waals surface area contributed by atoms with Crippen molar-refractivity contribution in [3.8, 4) is 5.75 Å². The van der Waals surface area contributed by atoms with E-state index in [1.54, 1.807) is 18.4 Å². The highest BCUT2D eigenvalue weighted by molar-refractivity contribution is 9.10. The summed E-state index contributed by atoms with van der Waals surface area (Å²) >= 11 is 5.17. The van der Waals surface area contributed by atoms with Gasteiger partial charge in [-0.05, 0) is 42.3 Å². The van der Waals surface area contributed by atoms with Gasteiger partial charge in [0.25, 0.3) is 0 Å². The Morgan fingerprint density at radius 3 is 2.76 bits per heavy atom. The Bertz CT molecular complexity index is 740. The van der Waals surface area contributed by atoms with Crippen molar-refractivity contribution in [1.82, 2.24) is 4.98 Å². The van der Waals surface area contributed by atoms with E-state index in [1.165, 1.54) is 10.3 Å². The largest absolute Gasteiger partial charge is 0.497 e. The van der Waals surface area contributed by atoms with E-state index in [4.69, 9.17) is 4.74 Å². The van der Waals surface area contributed by atoms with Crippen LogP contribution in [0.5, 0.6) is 5.75 Å². The molecule has 0 saturated heterocycles. The van der Waals surface area contributed by atoms with E-state index in [0.717, 1.165) is 33.8 Å². The van der Waals surface area contributed by atoms with Gasteiger partial charge in [-0.25, -0.2) is 4.98 Å². The molecule has 2 aromatic carbocycles. The first-order valence-electron chi connectivity index (χ1n) is 6.67. The van der Waals surface area contributed by atoms with Gasteiger partial charge in [-0.2, -0.15) is 0 Å². The molecule has 0 fully saturated rings. The fourth-order valence-electron chi connectivity index (χ4n) is 2.08. The van der Waals surface area contributed by atoms with Crippen molar-refractivity contribution in [2.45, 2.75) is 6.42 Å². The van der Waals surface area contributed by atoms with E-state index in [0.29, 0.717) is 0 Å². The van der Waals surface area contributed by atoms with Gasteiger partial charge in [0.2, 0.25) is 0 Å². The Labute approximate surface area is 136 Å². The first-order chi connectivity index (χ1) is 10.2. The molecule has 0 aliphatic rings. The fraction of sp³-hybridized carbons (Fsp3) is 0.188. The average Bonchev–Trinajstić information content (AvgIpc) is 2.89. The molecule has 3 rings (SSSR count). The van der Waals surface area contributed by atoms with E-state index < -0.39 is 0 Å². The van der Waals surface area contributed by atoms with Crippen molar-refractivity contribution in [3.63, 3.8) is 0 Å². The molecule has 0 saturated carbocycles. The number of fused-ring (bicyclic) bond motifs is 1. The molecule has 1 heterocycles. The minimum Gasteiger partial charge on any atom is -0.497 e. The standard InChI is InChI=1S/C16H15BrN2OS/c1-20-13-5-2-11(3-6-13)8-9-18-16-19-14-7-4-12(17)10-15(14)21-16/h2-7,10H,8-9H2,1H3,(H,18,19). The van der Waals surface area contributed by atoms with Crippen molar-refractivity contribution < 1.29 is 4.74 Å². The van der Waals surface area contributed by atoms with Crippen LogP contribution in [0.25, 0.3) is 10.2 Å². The van der Waals surface area contributed by atoms with Crippen LogP contribution in [0.2, 0.25) is 0 Å². The lowest BCUT2D eigenvalue weighted by molar-refractivity contribution is 0.414. The monoisotopic (exact) mass is 362 g/mol. The summed E-state index contributed by atoms with van der Waals surface area (Å²) in [7, 11) is 1.68. The normalized spacial score (nSPS) is 10.8.